The molecule has 0 spiro atoms. The Morgan fingerprint density at radius 1 is 1.14 bits per heavy atom. The lowest BCUT2D eigenvalue weighted by Gasteiger charge is -2.22. The lowest BCUT2D eigenvalue weighted by molar-refractivity contribution is 0.483. The topological polar surface area (TPSA) is 73.1 Å². The van der Waals surface area contributed by atoms with Gasteiger partial charge in [0.25, 0.3) is 0 Å². The fourth-order valence-electron chi connectivity index (χ4n) is 3.13. The number of nitrogens with zero attached hydrogens (tertiary/aromatic N) is 1. The van der Waals surface area contributed by atoms with Gasteiger partial charge in [0.1, 0.15) is 0 Å². The van der Waals surface area contributed by atoms with Crippen molar-refractivity contribution in [1.29, 1.82) is 0 Å². The minimum atomic E-state index is -3.12. The van der Waals surface area contributed by atoms with Crippen molar-refractivity contribution in [1.82, 2.24) is 4.98 Å². The van der Waals surface area contributed by atoms with E-state index in [1.807, 2.05) is 12.1 Å². The summed E-state index contributed by atoms with van der Waals surface area (Å²) >= 11 is 0. The first-order valence-corrected chi connectivity index (χ1v) is 9.13. The molecule has 4 nitrogen and oxygen atoms in total. The average Bonchev–Trinajstić information content (AvgIpc) is 2.51. The van der Waals surface area contributed by atoms with Gasteiger partial charge in [0.15, 0.2) is 9.84 Å². The molecule has 0 bridgehead atoms. The fraction of sp³-hybridized carbons (Fsp3) is 0.438. The van der Waals surface area contributed by atoms with E-state index in [2.05, 4.69) is 4.98 Å². The monoisotopic (exact) mass is 304 g/mol. The van der Waals surface area contributed by atoms with Gasteiger partial charge in [-0.05, 0) is 36.6 Å². The SMILES string of the molecule is Nc1ccc(CS(=O)(=O)C2CCCCC2)c2ncccc12. The molecule has 1 aliphatic rings. The Bertz CT molecular complexity index is 750. The first-order chi connectivity index (χ1) is 10.1. The van der Waals surface area contributed by atoms with Crippen LogP contribution in [-0.4, -0.2) is 18.7 Å². The normalized spacial score (nSPS) is 17.1. The minimum Gasteiger partial charge on any atom is -0.398 e. The second kappa shape index (κ2) is 5.64. The van der Waals surface area contributed by atoms with Gasteiger partial charge in [0.2, 0.25) is 0 Å². The molecule has 1 saturated carbocycles. The molecule has 1 aliphatic carbocycles. The van der Waals surface area contributed by atoms with Crippen molar-refractivity contribution in [2.24, 2.45) is 0 Å². The van der Waals surface area contributed by atoms with Gasteiger partial charge in [0.05, 0.1) is 16.5 Å². The van der Waals surface area contributed by atoms with Crippen molar-refractivity contribution in [2.45, 2.75) is 43.1 Å². The Morgan fingerprint density at radius 3 is 2.67 bits per heavy atom. The smallest absolute Gasteiger partial charge is 0.157 e. The van der Waals surface area contributed by atoms with Crippen molar-refractivity contribution in [3.8, 4) is 0 Å². The van der Waals surface area contributed by atoms with Gasteiger partial charge in [-0.15, -0.1) is 0 Å². The van der Waals surface area contributed by atoms with Gasteiger partial charge in [0, 0.05) is 17.3 Å². The number of rotatable bonds is 3. The first-order valence-electron chi connectivity index (χ1n) is 7.41. The molecule has 0 amide bonds. The number of fused-ring (bicyclic) bond motifs is 1. The zero-order chi connectivity index (χ0) is 14.9. The van der Waals surface area contributed by atoms with Gasteiger partial charge in [-0.1, -0.05) is 25.3 Å². The van der Waals surface area contributed by atoms with E-state index in [0.717, 1.165) is 43.1 Å². The number of sulfone groups is 1. The van der Waals surface area contributed by atoms with E-state index in [1.54, 1.807) is 18.3 Å². The molecule has 1 heterocycles. The third-order valence-corrected chi connectivity index (χ3v) is 6.50. The minimum absolute atomic E-state index is 0.0610. The molecule has 0 radical (unpaired) electrons. The standard InChI is InChI=1S/C16H20N2O2S/c17-15-9-8-12(16-14(15)7-4-10-18-16)11-21(19,20)13-5-2-1-3-6-13/h4,7-10,13H,1-3,5-6,11,17H2. The molecular formula is C16H20N2O2S. The number of hydrogen-bond acceptors (Lipinski definition) is 4. The van der Waals surface area contributed by atoms with Crippen molar-refractivity contribution in [2.75, 3.05) is 5.73 Å². The van der Waals surface area contributed by atoms with Crippen LogP contribution in [0.4, 0.5) is 5.69 Å². The zero-order valence-electron chi connectivity index (χ0n) is 12.0. The van der Waals surface area contributed by atoms with Gasteiger partial charge < -0.3 is 5.73 Å². The molecule has 3 rings (SSSR count). The van der Waals surface area contributed by atoms with Crippen molar-refractivity contribution in [3.63, 3.8) is 0 Å². The quantitative estimate of drug-likeness (QED) is 0.884. The maximum Gasteiger partial charge on any atom is 0.157 e. The van der Waals surface area contributed by atoms with Crippen LogP contribution in [-0.2, 0) is 15.6 Å². The molecule has 0 atom stereocenters. The molecule has 1 aromatic carbocycles. The van der Waals surface area contributed by atoms with E-state index < -0.39 is 9.84 Å². The summed E-state index contributed by atoms with van der Waals surface area (Å²) in [5.74, 6) is 0.0610. The predicted octanol–water partition coefficient (Wildman–Crippen LogP) is 3.06. The number of benzene rings is 1. The summed E-state index contributed by atoms with van der Waals surface area (Å²) in [6.45, 7) is 0. The van der Waals surface area contributed by atoms with Crippen LogP contribution in [0.1, 0.15) is 37.7 Å². The lowest BCUT2D eigenvalue weighted by Crippen LogP contribution is -2.25. The number of pyridine rings is 1. The molecule has 0 aliphatic heterocycles. The molecule has 5 heteroatoms. The van der Waals surface area contributed by atoms with Crippen LogP contribution in [0.15, 0.2) is 30.5 Å². The highest BCUT2D eigenvalue weighted by molar-refractivity contribution is 7.91. The van der Waals surface area contributed by atoms with Crippen LogP contribution in [0, 0.1) is 0 Å². The maximum atomic E-state index is 12.6. The molecular weight excluding hydrogens is 284 g/mol. The number of anilines is 1. The van der Waals surface area contributed by atoms with E-state index in [9.17, 15) is 8.42 Å². The van der Waals surface area contributed by atoms with Crippen LogP contribution in [0.2, 0.25) is 0 Å². The molecule has 0 unspecified atom stereocenters. The Morgan fingerprint density at radius 2 is 1.90 bits per heavy atom. The summed E-state index contributed by atoms with van der Waals surface area (Å²) < 4.78 is 25.2. The Labute approximate surface area is 125 Å². The van der Waals surface area contributed by atoms with Crippen LogP contribution in [0.25, 0.3) is 10.9 Å². The number of nitrogens with two attached hydrogens (primary N) is 1. The summed E-state index contributed by atoms with van der Waals surface area (Å²) in [7, 11) is -3.12. The van der Waals surface area contributed by atoms with Gasteiger partial charge >= 0.3 is 0 Å². The molecule has 1 aromatic heterocycles. The van der Waals surface area contributed by atoms with E-state index in [1.165, 1.54) is 0 Å². The molecule has 2 aromatic rings. The molecule has 0 saturated heterocycles. The molecule has 2 N–H and O–H groups in total. The average molecular weight is 304 g/mol. The predicted molar refractivity (Wildman–Crippen MR) is 85.7 cm³/mol. The second-order valence-corrected chi connectivity index (χ2v) is 8.06. The lowest BCUT2D eigenvalue weighted by atomic mass is 10.0. The highest BCUT2D eigenvalue weighted by atomic mass is 32.2. The summed E-state index contributed by atoms with van der Waals surface area (Å²) in [6.07, 6.45) is 6.46. The van der Waals surface area contributed by atoms with Gasteiger partial charge in [-0.2, -0.15) is 0 Å². The van der Waals surface area contributed by atoms with Crippen LogP contribution in [0.5, 0.6) is 0 Å². The van der Waals surface area contributed by atoms with E-state index in [-0.39, 0.29) is 11.0 Å². The Kier molecular flexibility index (Phi) is 3.85. The van der Waals surface area contributed by atoms with Crippen LogP contribution >= 0.6 is 0 Å². The second-order valence-electron chi connectivity index (χ2n) is 5.78. The Balaban J connectivity index is 1.96. The van der Waals surface area contributed by atoms with Crippen LogP contribution in [0.3, 0.4) is 0 Å². The number of aromatic nitrogens is 1. The maximum absolute atomic E-state index is 12.6. The van der Waals surface area contributed by atoms with Crippen molar-refractivity contribution in [3.05, 3.63) is 36.0 Å². The highest BCUT2D eigenvalue weighted by Crippen LogP contribution is 2.29. The van der Waals surface area contributed by atoms with Crippen molar-refractivity contribution < 1.29 is 8.42 Å². The van der Waals surface area contributed by atoms with Gasteiger partial charge in [-0.3, -0.25) is 4.98 Å². The zero-order valence-corrected chi connectivity index (χ0v) is 12.8. The van der Waals surface area contributed by atoms with Gasteiger partial charge in [-0.25, -0.2) is 8.42 Å². The number of nitrogen functional groups attached to an aromatic ring is 1. The first kappa shape index (κ1) is 14.3. The highest BCUT2D eigenvalue weighted by Gasteiger charge is 2.28. The largest absolute Gasteiger partial charge is 0.398 e. The summed E-state index contributed by atoms with van der Waals surface area (Å²) in [5, 5.41) is 0.636. The third kappa shape index (κ3) is 2.88. The fourth-order valence-corrected chi connectivity index (χ4v) is 5.08. The number of hydrogen-bond donors (Lipinski definition) is 1. The summed E-state index contributed by atoms with van der Waals surface area (Å²) in [4.78, 5) is 4.33. The Hall–Kier alpha value is -1.62. The van der Waals surface area contributed by atoms with E-state index in [0.29, 0.717) is 11.2 Å². The molecule has 112 valence electrons. The third-order valence-electron chi connectivity index (χ3n) is 4.30. The van der Waals surface area contributed by atoms with E-state index >= 15 is 0 Å². The van der Waals surface area contributed by atoms with E-state index in [4.69, 9.17) is 5.73 Å². The molecule has 21 heavy (non-hydrogen) atoms. The summed E-state index contributed by atoms with van der Waals surface area (Å²) in [5.41, 5.74) is 8.04. The van der Waals surface area contributed by atoms with Crippen LogP contribution < -0.4 is 5.73 Å². The summed E-state index contributed by atoms with van der Waals surface area (Å²) in [6, 6.07) is 7.27. The molecule has 1 fully saturated rings. The van der Waals surface area contributed by atoms with Crippen molar-refractivity contribution >= 4 is 26.4 Å².